The minimum atomic E-state index is -0.0115. The van der Waals surface area contributed by atoms with Gasteiger partial charge in [0.1, 0.15) is 11.5 Å². The van der Waals surface area contributed by atoms with Gasteiger partial charge < -0.3 is 20.1 Å². The van der Waals surface area contributed by atoms with Gasteiger partial charge in [0.05, 0.1) is 6.61 Å². The van der Waals surface area contributed by atoms with Gasteiger partial charge in [-0.25, -0.2) is 0 Å². The van der Waals surface area contributed by atoms with E-state index in [1.165, 1.54) is 5.56 Å². The lowest BCUT2D eigenvalue weighted by atomic mass is 10.0. The number of hydrogen-bond donors (Lipinski definition) is 2. The lowest BCUT2D eigenvalue weighted by Gasteiger charge is -2.36. The van der Waals surface area contributed by atoms with E-state index >= 15 is 0 Å². The molecule has 6 heteroatoms. The Hall–Kier alpha value is -3.51. The molecule has 0 aliphatic carbocycles. The molecule has 1 aliphatic heterocycles. The number of carbonyl (C=O) groups excluding carboxylic acids is 1. The summed E-state index contributed by atoms with van der Waals surface area (Å²) < 4.78 is 5.83. The SMILES string of the molecule is CCCNC(=O)c1ccc(N2CCN(Cc3cc(OCC)cc(-c4cccc(O)c4)c3)CC2)cc1. The topological polar surface area (TPSA) is 65.0 Å². The summed E-state index contributed by atoms with van der Waals surface area (Å²) in [5, 5.41) is 12.8. The number of ether oxygens (including phenoxy) is 1. The van der Waals surface area contributed by atoms with Crippen molar-refractivity contribution in [1.29, 1.82) is 0 Å². The molecule has 1 heterocycles. The summed E-state index contributed by atoms with van der Waals surface area (Å²) in [6.07, 6.45) is 0.932. The number of rotatable bonds is 9. The van der Waals surface area contributed by atoms with E-state index < -0.39 is 0 Å². The monoisotopic (exact) mass is 473 g/mol. The minimum absolute atomic E-state index is 0.0115. The van der Waals surface area contributed by atoms with Crippen LogP contribution in [0.2, 0.25) is 0 Å². The van der Waals surface area contributed by atoms with Crippen LogP contribution in [0.1, 0.15) is 36.2 Å². The Balaban J connectivity index is 1.39. The Morgan fingerprint density at radius 1 is 0.943 bits per heavy atom. The molecule has 0 spiro atoms. The first-order valence-corrected chi connectivity index (χ1v) is 12.5. The predicted octanol–water partition coefficient (Wildman–Crippen LogP) is 4.92. The number of hydrogen-bond acceptors (Lipinski definition) is 5. The van der Waals surface area contributed by atoms with E-state index in [-0.39, 0.29) is 11.7 Å². The molecule has 0 bridgehead atoms. The molecule has 184 valence electrons. The van der Waals surface area contributed by atoms with Crippen LogP contribution in [0, 0.1) is 0 Å². The minimum Gasteiger partial charge on any atom is -0.508 e. The van der Waals surface area contributed by atoms with Crippen LogP contribution >= 0.6 is 0 Å². The van der Waals surface area contributed by atoms with Gasteiger partial charge >= 0.3 is 0 Å². The second-order valence-electron chi connectivity index (χ2n) is 8.91. The lowest BCUT2D eigenvalue weighted by molar-refractivity contribution is 0.0953. The Labute approximate surface area is 208 Å². The number of benzene rings is 3. The van der Waals surface area contributed by atoms with Crippen LogP contribution in [0.4, 0.5) is 5.69 Å². The molecule has 0 radical (unpaired) electrons. The summed E-state index contributed by atoms with van der Waals surface area (Å²) >= 11 is 0. The number of phenolic OH excluding ortho intramolecular Hbond substituents is 1. The first-order chi connectivity index (χ1) is 17.1. The molecule has 0 aromatic heterocycles. The molecule has 1 fully saturated rings. The number of nitrogens with zero attached hydrogens (tertiary/aromatic N) is 2. The van der Waals surface area contributed by atoms with Crippen molar-refractivity contribution in [2.75, 3.05) is 44.2 Å². The fraction of sp³-hybridized carbons (Fsp3) is 0.345. The standard InChI is InChI=1S/C29H35N3O3/c1-3-12-30-29(34)23-8-10-26(11-9-23)32-15-13-31(14-16-32)21-22-17-25(20-28(18-22)35-4-2)24-6-5-7-27(33)19-24/h5-11,17-20,33H,3-4,12-16,21H2,1-2H3,(H,30,34). The highest BCUT2D eigenvalue weighted by Gasteiger charge is 2.18. The molecule has 1 aliphatic rings. The van der Waals surface area contributed by atoms with E-state index in [9.17, 15) is 9.90 Å². The van der Waals surface area contributed by atoms with Gasteiger partial charge in [0, 0.05) is 50.5 Å². The molecule has 6 nitrogen and oxygen atoms in total. The predicted molar refractivity (Wildman–Crippen MR) is 141 cm³/mol. The van der Waals surface area contributed by atoms with Crippen LogP contribution in [0.25, 0.3) is 11.1 Å². The highest BCUT2D eigenvalue weighted by molar-refractivity contribution is 5.94. The summed E-state index contributed by atoms with van der Waals surface area (Å²) in [5.41, 5.74) is 5.08. The van der Waals surface area contributed by atoms with Crippen molar-refractivity contribution in [3.63, 3.8) is 0 Å². The fourth-order valence-electron chi connectivity index (χ4n) is 4.44. The molecule has 0 unspecified atom stereocenters. The van der Waals surface area contributed by atoms with Crippen LogP contribution in [-0.2, 0) is 6.54 Å². The summed E-state index contributed by atoms with van der Waals surface area (Å²) in [7, 11) is 0. The number of amides is 1. The first kappa shape index (κ1) is 24.6. The van der Waals surface area contributed by atoms with Crippen LogP contribution in [0.15, 0.2) is 66.7 Å². The third kappa shape index (κ3) is 6.55. The number of piperazine rings is 1. The van der Waals surface area contributed by atoms with Crippen LogP contribution in [0.3, 0.4) is 0 Å². The molecule has 0 atom stereocenters. The van der Waals surface area contributed by atoms with Gasteiger partial charge in [-0.1, -0.05) is 19.1 Å². The molecule has 35 heavy (non-hydrogen) atoms. The number of aromatic hydroxyl groups is 1. The third-order valence-corrected chi connectivity index (χ3v) is 6.27. The Bertz CT molecular complexity index is 1120. The molecule has 3 aromatic rings. The van der Waals surface area contributed by atoms with Crippen LogP contribution in [0.5, 0.6) is 11.5 Å². The van der Waals surface area contributed by atoms with Gasteiger partial charge in [-0.3, -0.25) is 9.69 Å². The summed E-state index contributed by atoms with van der Waals surface area (Å²) in [5.74, 6) is 1.10. The summed E-state index contributed by atoms with van der Waals surface area (Å²) in [4.78, 5) is 17.0. The van der Waals surface area contributed by atoms with Crippen molar-refractivity contribution in [2.24, 2.45) is 0 Å². The average molecular weight is 474 g/mol. The van der Waals surface area contributed by atoms with Gasteiger partial charge in [0.15, 0.2) is 0 Å². The zero-order chi connectivity index (χ0) is 24.6. The zero-order valence-electron chi connectivity index (χ0n) is 20.7. The van der Waals surface area contributed by atoms with Gasteiger partial charge in [0.25, 0.3) is 5.91 Å². The molecule has 3 aromatic carbocycles. The normalized spacial score (nSPS) is 14.1. The number of anilines is 1. The maximum atomic E-state index is 12.2. The molecule has 4 rings (SSSR count). The lowest BCUT2D eigenvalue weighted by Crippen LogP contribution is -2.46. The van der Waals surface area contributed by atoms with Gasteiger partial charge in [-0.15, -0.1) is 0 Å². The fourth-order valence-corrected chi connectivity index (χ4v) is 4.44. The average Bonchev–Trinajstić information content (AvgIpc) is 2.88. The number of carbonyl (C=O) groups is 1. The molecule has 1 saturated heterocycles. The van der Waals surface area contributed by atoms with Crippen molar-refractivity contribution in [1.82, 2.24) is 10.2 Å². The smallest absolute Gasteiger partial charge is 0.251 e. The van der Waals surface area contributed by atoms with Crippen molar-refractivity contribution in [2.45, 2.75) is 26.8 Å². The van der Waals surface area contributed by atoms with E-state index in [4.69, 9.17) is 4.74 Å². The van der Waals surface area contributed by atoms with Crippen molar-refractivity contribution in [3.8, 4) is 22.6 Å². The highest BCUT2D eigenvalue weighted by Crippen LogP contribution is 2.29. The maximum absolute atomic E-state index is 12.2. The van der Waals surface area contributed by atoms with E-state index in [0.717, 1.165) is 61.7 Å². The zero-order valence-corrected chi connectivity index (χ0v) is 20.7. The molecular weight excluding hydrogens is 438 g/mol. The number of nitrogens with one attached hydrogen (secondary N) is 1. The molecule has 2 N–H and O–H groups in total. The van der Waals surface area contributed by atoms with Gasteiger partial charge in [-0.2, -0.15) is 0 Å². The second-order valence-corrected chi connectivity index (χ2v) is 8.91. The van der Waals surface area contributed by atoms with Crippen molar-refractivity contribution in [3.05, 3.63) is 77.9 Å². The van der Waals surface area contributed by atoms with E-state index in [1.54, 1.807) is 12.1 Å². The molecule has 0 saturated carbocycles. The first-order valence-electron chi connectivity index (χ1n) is 12.5. The van der Waals surface area contributed by atoms with E-state index in [0.29, 0.717) is 18.7 Å². The third-order valence-electron chi connectivity index (χ3n) is 6.27. The Kier molecular flexibility index (Phi) is 8.27. The maximum Gasteiger partial charge on any atom is 0.251 e. The highest BCUT2D eigenvalue weighted by atomic mass is 16.5. The second kappa shape index (κ2) is 11.8. The van der Waals surface area contributed by atoms with Crippen LogP contribution < -0.4 is 15.0 Å². The quantitative estimate of drug-likeness (QED) is 0.462. The Morgan fingerprint density at radius 2 is 1.71 bits per heavy atom. The van der Waals surface area contributed by atoms with E-state index in [1.807, 2.05) is 56.3 Å². The molecular formula is C29H35N3O3. The molecule has 1 amide bonds. The van der Waals surface area contributed by atoms with Crippen molar-refractivity contribution < 1.29 is 14.6 Å². The summed E-state index contributed by atoms with van der Waals surface area (Å²) in [6.45, 7) is 9.98. The van der Waals surface area contributed by atoms with Crippen molar-refractivity contribution >= 4 is 11.6 Å². The largest absolute Gasteiger partial charge is 0.508 e. The van der Waals surface area contributed by atoms with E-state index in [2.05, 4.69) is 27.2 Å². The van der Waals surface area contributed by atoms with Gasteiger partial charge in [0.2, 0.25) is 0 Å². The summed E-state index contributed by atoms with van der Waals surface area (Å²) in [6, 6.07) is 21.6. The van der Waals surface area contributed by atoms with Gasteiger partial charge in [-0.05, 0) is 84.6 Å². The Morgan fingerprint density at radius 3 is 2.40 bits per heavy atom. The van der Waals surface area contributed by atoms with Crippen LogP contribution in [-0.4, -0.2) is 55.2 Å². The number of phenols is 1.